The van der Waals surface area contributed by atoms with Crippen molar-refractivity contribution < 1.29 is 29.3 Å². The first-order valence-corrected chi connectivity index (χ1v) is 5.78. The van der Waals surface area contributed by atoms with Crippen LogP contribution in [-0.4, -0.2) is 45.4 Å². The number of carboxylic acid groups (broad SMARTS) is 2. The van der Waals surface area contributed by atoms with Gasteiger partial charge >= 0.3 is 11.9 Å². The molecule has 14 heavy (non-hydrogen) atoms. The molecular weight excluding hydrogens is 213 g/mol. The Balaban J connectivity index is 4.05. The molecule has 0 radical (unpaired) electrons. The Labute approximate surface area is 80.0 Å². The van der Waals surface area contributed by atoms with Crippen LogP contribution in [-0.2, 0) is 14.2 Å². The summed E-state index contributed by atoms with van der Waals surface area (Å²) in [4.78, 5) is 29.4. The van der Waals surface area contributed by atoms with E-state index in [2.05, 4.69) is 0 Å². The standard InChI is InChI=1S/C6H12NO6P/c7-4(6(10)11)1-2-14(12,13)3-5(8)9/h4H,1-3,7H2,(H,8,9)(H,10,11)(H,12,13). The van der Waals surface area contributed by atoms with Crippen LogP contribution in [0, 0.1) is 0 Å². The largest absolute Gasteiger partial charge is 0.481 e. The molecule has 0 fully saturated rings. The normalized spacial score (nSPS) is 17.0. The molecule has 7 nitrogen and oxygen atoms in total. The fourth-order valence-corrected chi connectivity index (χ4v) is 2.02. The molecule has 82 valence electrons. The first-order chi connectivity index (χ1) is 6.24. The molecule has 0 saturated carbocycles. The van der Waals surface area contributed by atoms with Crippen LogP contribution in [0.25, 0.3) is 0 Å². The van der Waals surface area contributed by atoms with Crippen LogP contribution in [0.15, 0.2) is 0 Å². The van der Waals surface area contributed by atoms with Gasteiger partial charge in [-0.1, -0.05) is 0 Å². The lowest BCUT2D eigenvalue weighted by atomic mass is 10.2. The molecule has 0 aromatic rings. The van der Waals surface area contributed by atoms with E-state index in [9.17, 15) is 14.2 Å². The molecule has 0 aliphatic heterocycles. The van der Waals surface area contributed by atoms with E-state index < -0.39 is 37.7 Å². The zero-order chi connectivity index (χ0) is 11.4. The van der Waals surface area contributed by atoms with Crippen molar-refractivity contribution in [3.05, 3.63) is 0 Å². The van der Waals surface area contributed by atoms with Crippen molar-refractivity contribution >= 4 is 19.3 Å². The van der Waals surface area contributed by atoms with E-state index in [1.54, 1.807) is 0 Å². The van der Waals surface area contributed by atoms with Crippen LogP contribution in [0.3, 0.4) is 0 Å². The number of carbonyl (C=O) groups is 2. The molecule has 0 rings (SSSR count). The summed E-state index contributed by atoms with van der Waals surface area (Å²) in [7, 11) is -3.79. The highest BCUT2D eigenvalue weighted by Crippen LogP contribution is 2.40. The van der Waals surface area contributed by atoms with Gasteiger partial charge in [-0.3, -0.25) is 14.2 Å². The number of rotatable bonds is 6. The highest BCUT2D eigenvalue weighted by molar-refractivity contribution is 7.58. The molecule has 5 N–H and O–H groups in total. The molecule has 2 unspecified atom stereocenters. The van der Waals surface area contributed by atoms with Crippen LogP contribution in [0.2, 0.25) is 0 Å². The zero-order valence-electron chi connectivity index (χ0n) is 7.29. The van der Waals surface area contributed by atoms with E-state index in [-0.39, 0.29) is 6.42 Å². The molecule has 0 amide bonds. The third-order valence-corrected chi connectivity index (χ3v) is 3.21. The highest BCUT2D eigenvalue weighted by Gasteiger charge is 2.24. The average molecular weight is 225 g/mol. The van der Waals surface area contributed by atoms with Gasteiger partial charge in [0.1, 0.15) is 12.2 Å². The SMILES string of the molecule is NC(CCP(=O)(O)CC(=O)O)C(=O)O. The van der Waals surface area contributed by atoms with Gasteiger partial charge in [0.25, 0.3) is 0 Å². The number of hydrogen-bond donors (Lipinski definition) is 4. The van der Waals surface area contributed by atoms with Crippen LogP contribution in [0.5, 0.6) is 0 Å². The molecule has 0 spiro atoms. The van der Waals surface area contributed by atoms with Crippen LogP contribution >= 0.6 is 7.37 Å². The lowest BCUT2D eigenvalue weighted by molar-refractivity contribution is -0.138. The second-order valence-electron chi connectivity index (χ2n) is 2.86. The summed E-state index contributed by atoms with van der Waals surface area (Å²) in [6.07, 6.45) is -1.47. The topological polar surface area (TPSA) is 138 Å². The van der Waals surface area contributed by atoms with Crippen molar-refractivity contribution in [3.8, 4) is 0 Å². The molecule has 0 aliphatic carbocycles. The predicted molar refractivity (Wildman–Crippen MR) is 47.4 cm³/mol. The van der Waals surface area contributed by atoms with E-state index >= 15 is 0 Å². The fraction of sp³-hybridized carbons (Fsp3) is 0.667. The summed E-state index contributed by atoms with van der Waals surface area (Å²) >= 11 is 0. The van der Waals surface area contributed by atoms with Gasteiger partial charge in [0.15, 0.2) is 0 Å². The number of carboxylic acids is 2. The average Bonchev–Trinajstić information content (AvgIpc) is 1.97. The van der Waals surface area contributed by atoms with Crippen molar-refractivity contribution in [3.63, 3.8) is 0 Å². The molecule has 0 heterocycles. The van der Waals surface area contributed by atoms with Gasteiger partial charge < -0.3 is 20.8 Å². The minimum atomic E-state index is -3.79. The van der Waals surface area contributed by atoms with Crippen molar-refractivity contribution in [1.29, 1.82) is 0 Å². The van der Waals surface area contributed by atoms with Gasteiger partial charge in [0.05, 0.1) is 0 Å². The Morgan fingerprint density at radius 1 is 1.36 bits per heavy atom. The second kappa shape index (κ2) is 5.09. The lowest BCUT2D eigenvalue weighted by Crippen LogP contribution is -2.31. The maximum Gasteiger partial charge on any atom is 0.320 e. The first-order valence-electron chi connectivity index (χ1n) is 3.75. The molecular formula is C6H12NO6P. The van der Waals surface area contributed by atoms with Gasteiger partial charge in [-0.25, -0.2) is 0 Å². The van der Waals surface area contributed by atoms with E-state index in [0.29, 0.717) is 0 Å². The Morgan fingerprint density at radius 2 is 1.86 bits per heavy atom. The molecule has 0 aromatic heterocycles. The number of aliphatic carboxylic acids is 2. The Kier molecular flexibility index (Phi) is 4.76. The summed E-state index contributed by atoms with van der Waals surface area (Å²) in [5, 5.41) is 16.6. The van der Waals surface area contributed by atoms with Crippen LogP contribution in [0.1, 0.15) is 6.42 Å². The van der Waals surface area contributed by atoms with Crippen LogP contribution in [0.4, 0.5) is 0 Å². The Bertz CT molecular complexity index is 277. The van der Waals surface area contributed by atoms with Crippen molar-refractivity contribution in [2.75, 3.05) is 12.3 Å². The van der Waals surface area contributed by atoms with Crippen molar-refractivity contribution in [1.82, 2.24) is 0 Å². The van der Waals surface area contributed by atoms with Crippen molar-refractivity contribution in [2.45, 2.75) is 12.5 Å². The highest BCUT2D eigenvalue weighted by atomic mass is 31.2. The third-order valence-electron chi connectivity index (χ3n) is 1.49. The predicted octanol–water partition coefficient (Wildman–Crippen LogP) is -0.857. The third kappa shape index (κ3) is 5.69. The quantitative estimate of drug-likeness (QED) is 0.431. The summed E-state index contributed by atoms with van der Waals surface area (Å²) < 4.78 is 11.1. The summed E-state index contributed by atoms with van der Waals surface area (Å²) in [5.74, 6) is -2.67. The van der Waals surface area contributed by atoms with E-state index in [0.717, 1.165) is 0 Å². The lowest BCUT2D eigenvalue weighted by Gasteiger charge is -2.10. The first kappa shape index (κ1) is 13.1. The molecule has 0 saturated heterocycles. The minimum absolute atomic E-state index is 0.212. The maximum absolute atomic E-state index is 11.1. The Morgan fingerprint density at radius 3 is 2.21 bits per heavy atom. The smallest absolute Gasteiger partial charge is 0.320 e. The van der Waals surface area contributed by atoms with Gasteiger partial charge in [0.2, 0.25) is 7.37 Å². The minimum Gasteiger partial charge on any atom is -0.481 e. The van der Waals surface area contributed by atoms with E-state index in [4.69, 9.17) is 20.8 Å². The van der Waals surface area contributed by atoms with Gasteiger partial charge in [0, 0.05) is 6.16 Å². The summed E-state index contributed by atoms with van der Waals surface area (Å²) in [6, 6.07) is -1.23. The number of nitrogens with two attached hydrogens (primary N) is 1. The zero-order valence-corrected chi connectivity index (χ0v) is 8.18. The van der Waals surface area contributed by atoms with Gasteiger partial charge in [-0.05, 0) is 6.42 Å². The van der Waals surface area contributed by atoms with E-state index in [1.807, 2.05) is 0 Å². The Hall–Kier alpha value is -0.910. The van der Waals surface area contributed by atoms with Gasteiger partial charge in [-0.15, -0.1) is 0 Å². The number of hydrogen-bond acceptors (Lipinski definition) is 4. The molecule has 0 bridgehead atoms. The van der Waals surface area contributed by atoms with Crippen LogP contribution < -0.4 is 5.73 Å². The monoisotopic (exact) mass is 225 g/mol. The van der Waals surface area contributed by atoms with Gasteiger partial charge in [-0.2, -0.15) is 0 Å². The fourth-order valence-electron chi connectivity index (χ4n) is 0.755. The van der Waals surface area contributed by atoms with E-state index in [1.165, 1.54) is 0 Å². The molecule has 8 heteroatoms. The second-order valence-corrected chi connectivity index (χ2v) is 5.31. The maximum atomic E-state index is 11.1. The summed E-state index contributed by atoms with van der Waals surface area (Å²) in [5.41, 5.74) is 5.08. The summed E-state index contributed by atoms with van der Waals surface area (Å²) in [6.45, 7) is 0. The molecule has 2 atom stereocenters. The van der Waals surface area contributed by atoms with Crippen molar-refractivity contribution in [2.24, 2.45) is 5.73 Å². The molecule has 0 aliphatic rings. The molecule has 0 aromatic carbocycles.